The Bertz CT molecular complexity index is 467. The number of rotatable bonds is 7. The van der Waals surface area contributed by atoms with Gasteiger partial charge in [-0.25, -0.2) is 4.98 Å². The highest BCUT2D eigenvalue weighted by Crippen LogP contribution is 2.27. The first kappa shape index (κ1) is 16.3. The molecule has 0 aromatic carbocycles. The number of hydrogen-bond donors (Lipinski definition) is 4. The summed E-state index contributed by atoms with van der Waals surface area (Å²) in [6.45, 7) is 3.38. The van der Waals surface area contributed by atoms with Crippen LogP contribution < -0.4 is 16.6 Å². The minimum atomic E-state index is -1.09. The number of carboxylic acids is 1. The zero-order valence-electron chi connectivity index (χ0n) is 11.3. The molecule has 0 aliphatic rings. The average Bonchev–Trinajstić information content (AvgIpc) is 2.43. The maximum Gasteiger partial charge on any atom is 0.321 e. The predicted molar refractivity (Wildman–Crippen MR) is 78.2 cm³/mol. The van der Waals surface area contributed by atoms with Crippen molar-refractivity contribution in [3.05, 3.63) is 24.4 Å². The first-order valence-corrected chi connectivity index (χ1v) is 6.89. The summed E-state index contributed by atoms with van der Waals surface area (Å²) < 4.78 is -0.742. The summed E-state index contributed by atoms with van der Waals surface area (Å²) in [5.74, 6) is -0.762. The largest absolute Gasteiger partial charge is 0.480 e. The normalized spacial score (nSPS) is 12.6. The number of carbonyl (C=O) groups is 2. The number of nitrogens with zero attached hydrogens (tertiary/aromatic N) is 1. The quantitative estimate of drug-likeness (QED) is 0.540. The molecule has 20 heavy (non-hydrogen) atoms. The third-order valence-corrected chi connectivity index (χ3v) is 3.99. The Morgan fingerprint density at radius 1 is 1.50 bits per heavy atom. The summed E-state index contributed by atoms with van der Waals surface area (Å²) in [7, 11) is 0. The standard InChI is InChI=1S/C12H18N4O3S/c1-12(2,10(13)11(18)19)20-7-9(17)16-15-8-5-3-4-6-14-8/h3-6,10H,7,13H2,1-2H3,(H,14,15)(H,16,17)(H,18,19)/t10-/m0/s1. The summed E-state index contributed by atoms with van der Waals surface area (Å²) in [6.07, 6.45) is 1.60. The molecule has 0 radical (unpaired) electrons. The molecule has 5 N–H and O–H groups in total. The van der Waals surface area contributed by atoms with E-state index in [0.29, 0.717) is 5.82 Å². The minimum Gasteiger partial charge on any atom is -0.480 e. The molecule has 1 aromatic heterocycles. The SMILES string of the molecule is CC(C)(SCC(=O)NNc1ccccn1)[C@@H](N)C(=O)O. The van der Waals surface area contributed by atoms with E-state index in [4.69, 9.17) is 10.8 Å². The molecular formula is C12H18N4O3S. The Balaban J connectivity index is 2.38. The fourth-order valence-electron chi connectivity index (χ4n) is 1.25. The predicted octanol–water partition coefficient (Wildman–Crippen LogP) is 0.448. The van der Waals surface area contributed by atoms with Gasteiger partial charge in [0.25, 0.3) is 0 Å². The van der Waals surface area contributed by atoms with Crippen LogP contribution in [0.15, 0.2) is 24.4 Å². The molecule has 110 valence electrons. The summed E-state index contributed by atoms with van der Waals surface area (Å²) in [6, 6.07) is 4.21. The second-order valence-electron chi connectivity index (χ2n) is 4.60. The number of hydrazine groups is 1. The van der Waals surface area contributed by atoms with Crippen molar-refractivity contribution in [2.24, 2.45) is 5.73 Å². The molecule has 0 aliphatic carbocycles. The van der Waals surface area contributed by atoms with E-state index in [2.05, 4.69) is 15.8 Å². The van der Waals surface area contributed by atoms with Gasteiger partial charge in [-0.1, -0.05) is 6.07 Å². The van der Waals surface area contributed by atoms with E-state index in [1.54, 1.807) is 38.2 Å². The van der Waals surface area contributed by atoms with Crippen molar-refractivity contribution in [3.8, 4) is 0 Å². The molecular weight excluding hydrogens is 280 g/mol. The van der Waals surface area contributed by atoms with Gasteiger partial charge in [0.05, 0.1) is 5.75 Å². The molecule has 0 spiro atoms. The van der Waals surface area contributed by atoms with E-state index >= 15 is 0 Å². The van der Waals surface area contributed by atoms with Crippen LogP contribution in [0, 0.1) is 0 Å². The maximum atomic E-state index is 11.6. The van der Waals surface area contributed by atoms with Gasteiger partial charge < -0.3 is 10.8 Å². The van der Waals surface area contributed by atoms with Crippen molar-refractivity contribution in [2.75, 3.05) is 11.2 Å². The molecule has 0 saturated carbocycles. The Morgan fingerprint density at radius 3 is 2.75 bits per heavy atom. The third kappa shape index (κ3) is 5.06. The van der Waals surface area contributed by atoms with E-state index < -0.39 is 16.8 Å². The highest BCUT2D eigenvalue weighted by Gasteiger charge is 2.33. The van der Waals surface area contributed by atoms with Crippen LogP contribution >= 0.6 is 11.8 Å². The molecule has 0 unspecified atom stereocenters. The summed E-state index contributed by atoms with van der Waals surface area (Å²) >= 11 is 1.18. The van der Waals surface area contributed by atoms with Gasteiger partial charge in [0, 0.05) is 10.9 Å². The van der Waals surface area contributed by atoms with Gasteiger partial charge in [-0.3, -0.25) is 20.4 Å². The summed E-state index contributed by atoms with van der Waals surface area (Å²) in [5, 5.41) is 8.88. The van der Waals surface area contributed by atoms with Crippen LogP contribution in [0.2, 0.25) is 0 Å². The van der Waals surface area contributed by atoms with Gasteiger partial charge in [0.1, 0.15) is 11.9 Å². The Morgan fingerprint density at radius 2 is 2.20 bits per heavy atom. The van der Waals surface area contributed by atoms with Crippen molar-refractivity contribution >= 4 is 29.5 Å². The van der Waals surface area contributed by atoms with Crippen LogP contribution in [0.25, 0.3) is 0 Å². The minimum absolute atomic E-state index is 0.0911. The second-order valence-corrected chi connectivity index (χ2v) is 6.23. The zero-order chi connectivity index (χ0) is 15.2. The van der Waals surface area contributed by atoms with E-state index in [1.807, 2.05) is 0 Å². The first-order valence-electron chi connectivity index (χ1n) is 5.91. The number of aromatic nitrogens is 1. The van der Waals surface area contributed by atoms with Crippen LogP contribution in [-0.4, -0.2) is 38.5 Å². The Labute approximate surface area is 121 Å². The van der Waals surface area contributed by atoms with Crippen LogP contribution in [0.4, 0.5) is 5.82 Å². The number of thioether (sulfide) groups is 1. The van der Waals surface area contributed by atoms with Crippen LogP contribution in [0.1, 0.15) is 13.8 Å². The number of nitrogens with one attached hydrogen (secondary N) is 2. The van der Waals surface area contributed by atoms with E-state index in [9.17, 15) is 9.59 Å². The molecule has 1 rings (SSSR count). The highest BCUT2D eigenvalue weighted by molar-refractivity contribution is 8.01. The highest BCUT2D eigenvalue weighted by atomic mass is 32.2. The van der Waals surface area contributed by atoms with Gasteiger partial charge in [-0.05, 0) is 26.0 Å². The van der Waals surface area contributed by atoms with Gasteiger partial charge in [0.2, 0.25) is 5.91 Å². The van der Waals surface area contributed by atoms with Gasteiger partial charge in [0.15, 0.2) is 0 Å². The lowest BCUT2D eigenvalue weighted by Crippen LogP contribution is -2.47. The Kier molecular flexibility index (Phi) is 5.78. The number of aliphatic carboxylic acids is 1. The van der Waals surface area contributed by atoms with Crippen LogP contribution in [-0.2, 0) is 9.59 Å². The zero-order valence-corrected chi connectivity index (χ0v) is 12.1. The number of hydrogen-bond acceptors (Lipinski definition) is 6. The van der Waals surface area contributed by atoms with Crippen molar-refractivity contribution in [2.45, 2.75) is 24.6 Å². The lowest BCUT2D eigenvalue weighted by molar-refractivity contribution is -0.139. The van der Waals surface area contributed by atoms with Crippen molar-refractivity contribution in [1.29, 1.82) is 0 Å². The molecule has 1 heterocycles. The molecule has 1 amide bonds. The second kappa shape index (κ2) is 7.11. The van der Waals surface area contributed by atoms with Crippen molar-refractivity contribution in [1.82, 2.24) is 10.4 Å². The first-order chi connectivity index (χ1) is 9.33. The monoisotopic (exact) mass is 298 g/mol. The lowest BCUT2D eigenvalue weighted by atomic mass is 10.1. The molecule has 1 atom stereocenters. The fourth-order valence-corrected chi connectivity index (χ4v) is 2.10. The number of pyridine rings is 1. The van der Waals surface area contributed by atoms with Gasteiger partial charge >= 0.3 is 5.97 Å². The molecule has 0 aliphatic heterocycles. The van der Waals surface area contributed by atoms with Crippen LogP contribution in [0.3, 0.4) is 0 Å². The molecule has 7 nitrogen and oxygen atoms in total. The average molecular weight is 298 g/mol. The third-order valence-electron chi connectivity index (χ3n) is 2.59. The van der Waals surface area contributed by atoms with Crippen molar-refractivity contribution < 1.29 is 14.7 Å². The van der Waals surface area contributed by atoms with E-state index in [-0.39, 0.29) is 11.7 Å². The number of anilines is 1. The smallest absolute Gasteiger partial charge is 0.321 e. The summed E-state index contributed by atoms with van der Waals surface area (Å²) in [5.41, 5.74) is 10.7. The molecule has 0 saturated heterocycles. The molecule has 1 aromatic rings. The fraction of sp³-hybridized carbons (Fsp3) is 0.417. The van der Waals surface area contributed by atoms with Crippen molar-refractivity contribution in [3.63, 3.8) is 0 Å². The molecule has 8 heteroatoms. The number of amides is 1. The van der Waals surface area contributed by atoms with E-state index in [1.165, 1.54) is 11.8 Å². The molecule has 0 fully saturated rings. The number of carboxylic acid groups (broad SMARTS) is 1. The molecule has 0 bridgehead atoms. The van der Waals surface area contributed by atoms with E-state index in [0.717, 1.165) is 0 Å². The topological polar surface area (TPSA) is 117 Å². The summed E-state index contributed by atoms with van der Waals surface area (Å²) in [4.78, 5) is 26.5. The number of nitrogens with two attached hydrogens (primary N) is 1. The van der Waals surface area contributed by atoms with Gasteiger partial charge in [-0.2, -0.15) is 0 Å². The maximum absolute atomic E-state index is 11.6. The Hall–Kier alpha value is -1.80. The number of carbonyl (C=O) groups excluding carboxylic acids is 1. The van der Waals surface area contributed by atoms with Gasteiger partial charge in [-0.15, -0.1) is 11.8 Å². The lowest BCUT2D eigenvalue weighted by Gasteiger charge is -2.27. The van der Waals surface area contributed by atoms with Crippen LogP contribution in [0.5, 0.6) is 0 Å².